The molecule has 1 aromatic carbocycles. The Labute approximate surface area is 172 Å². The summed E-state index contributed by atoms with van der Waals surface area (Å²) in [7, 11) is 0. The van der Waals surface area contributed by atoms with Gasteiger partial charge in [-0.25, -0.2) is 4.98 Å². The predicted molar refractivity (Wildman–Crippen MR) is 113 cm³/mol. The molecule has 0 saturated carbocycles. The van der Waals surface area contributed by atoms with Crippen LogP contribution in [-0.2, 0) is 17.9 Å². The molecule has 0 aliphatic carbocycles. The Hall–Kier alpha value is -1.76. The summed E-state index contributed by atoms with van der Waals surface area (Å²) in [5.74, 6) is 0.520. The summed E-state index contributed by atoms with van der Waals surface area (Å²) in [4.78, 5) is 24.6. The molecular formula is C22H30N4OS. The summed E-state index contributed by atoms with van der Waals surface area (Å²) in [6.45, 7) is 9.48. The molecule has 1 unspecified atom stereocenters. The topological polar surface area (TPSA) is 39.7 Å². The van der Waals surface area contributed by atoms with Crippen molar-refractivity contribution < 1.29 is 4.79 Å². The molecule has 2 saturated heterocycles. The van der Waals surface area contributed by atoms with Crippen LogP contribution in [0.4, 0.5) is 0 Å². The summed E-state index contributed by atoms with van der Waals surface area (Å²) in [6.07, 6.45) is 2.15. The van der Waals surface area contributed by atoms with Crippen molar-refractivity contribution in [1.29, 1.82) is 0 Å². The molecule has 6 heteroatoms. The first-order chi connectivity index (χ1) is 13.7. The molecule has 2 aromatic rings. The van der Waals surface area contributed by atoms with Gasteiger partial charge in [0.05, 0.1) is 16.6 Å². The van der Waals surface area contributed by atoms with Gasteiger partial charge in [0, 0.05) is 51.2 Å². The Morgan fingerprint density at radius 3 is 2.57 bits per heavy atom. The molecule has 2 aliphatic heterocycles. The maximum Gasteiger partial charge on any atom is 0.227 e. The number of thiazole rings is 1. The lowest BCUT2D eigenvalue weighted by atomic mass is 9.95. The lowest BCUT2D eigenvalue weighted by molar-refractivity contribution is -0.139. The number of hydrogen-bond donors (Lipinski definition) is 0. The normalized spacial score (nSPS) is 21.8. The number of aromatic nitrogens is 1. The van der Waals surface area contributed by atoms with Crippen molar-refractivity contribution in [1.82, 2.24) is 19.7 Å². The number of rotatable bonds is 5. The van der Waals surface area contributed by atoms with E-state index in [9.17, 15) is 4.79 Å². The zero-order valence-corrected chi connectivity index (χ0v) is 17.5. The van der Waals surface area contributed by atoms with E-state index in [1.54, 1.807) is 11.3 Å². The monoisotopic (exact) mass is 398 g/mol. The number of carbonyl (C=O) groups excluding carboxylic acids is 1. The highest BCUT2D eigenvalue weighted by Crippen LogP contribution is 2.22. The van der Waals surface area contributed by atoms with Gasteiger partial charge in [-0.2, -0.15) is 0 Å². The van der Waals surface area contributed by atoms with Gasteiger partial charge in [0.15, 0.2) is 0 Å². The Morgan fingerprint density at radius 1 is 1.07 bits per heavy atom. The van der Waals surface area contributed by atoms with E-state index in [1.165, 1.54) is 5.56 Å². The standard InChI is InChI=1S/C22H30N4OS/c1-18-23-21(17-28-18)16-24-10-12-26(13-11-24)22(27)20-8-5-9-25(15-20)14-19-6-3-2-4-7-19/h2-4,6-7,17,20H,5,8-16H2,1H3. The summed E-state index contributed by atoms with van der Waals surface area (Å²) < 4.78 is 0. The van der Waals surface area contributed by atoms with Crippen molar-refractivity contribution in [3.05, 3.63) is 52.0 Å². The highest BCUT2D eigenvalue weighted by Gasteiger charge is 2.31. The first-order valence-corrected chi connectivity index (χ1v) is 11.2. The summed E-state index contributed by atoms with van der Waals surface area (Å²) in [6, 6.07) is 10.6. The van der Waals surface area contributed by atoms with E-state index in [1.807, 2.05) is 0 Å². The van der Waals surface area contributed by atoms with Crippen molar-refractivity contribution in [2.45, 2.75) is 32.9 Å². The SMILES string of the molecule is Cc1nc(CN2CCN(C(=O)C3CCCN(Cc4ccccc4)C3)CC2)cs1. The number of amides is 1. The molecule has 2 aliphatic rings. The summed E-state index contributed by atoms with van der Waals surface area (Å²) in [5, 5.41) is 3.28. The van der Waals surface area contributed by atoms with Gasteiger partial charge in [0.1, 0.15) is 0 Å². The predicted octanol–water partition coefficient (Wildman–Crippen LogP) is 3.01. The maximum absolute atomic E-state index is 13.1. The average molecular weight is 399 g/mol. The number of benzene rings is 1. The van der Waals surface area contributed by atoms with Crippen LogP contribution in [0, 0.1) is 12.8 Å². The van der Waals surface area contributed by atoms with Gasteiger partial charge in [0.25, 0.3) is 0 Å². The largest absolute Gasteiger partial charge is 0.340 e. The summed E-state index contributed by atoms with van der Waals surface area (Å²) >= 11 is 1.71. The fourth-order valence-corrected chi connectivity index (χ4v) is 4.94. The Balaban J connectivity index is 1.26. The molecule has 0 radical (unpaired) electrons. The lowest BCUT2D eigenvalue weighted by Gasteiger charge is -2.39. The highest BCUT2D eigenvalue weighted by atomic mass is 32.1. The molecule has 0 bridgehead atoms. The number of piperazine rings is 1. The number of likely N-dealkylation sites (tertiary alicyclic amines) is 1. The third kappa shape index (κ3) is 4.99. The molecule has 0 spiro atoms. The Morgan fingerprint density at radius 2 is 1.86 bits per heavy atom. The van der Waals surface area contributed by atoms with Gasteiger partial charge in [0.2, 0.25) is 5.91 Å². The van der Waals surface area contributed by atoms with Crippen molar-refractivity contribution in [3.8, 4) is 0 Å². The van der Waals surface area contributed by atoms with Crippen LogP contribution in [0.25, 0.3) is 0 Å². The van der Waals surface area contributed by atoms with Gasteiger partial charge in [-0.1, -0.05) is 30.3 Å². The van der Waals surface area contributed by atoms with Crippen LogP contribution >= 0.6 is 11.3 Å². The molecule has 3 heterocycles. The molecule has 1 amide bonds. The average Bonchev–Trinajstić information content (AvgIpc) is 3.13. The second-order valence-corrected chi connectivity index (χ2v) is 9.08. The fourth-order valence-electron chi connectivity index (χ4n) is 4.34. The first kappa shape index (κ1) is 19.6. The van der Waals surface area contributed by atoms with Crippen molar-refractivity contribution in [3.63, 3.8) is 0 Å². The second kappa shape index (κ2) is 9.16. The van der Waals surface area contributed by atoms with Gasteiger partial charge >= 0.3 is 0 Å². The number of carbonyl (C=O) groups is 1. The molecule has 150 valence electrons. The minimum atomic E-state index is 0.158. The highest BCUT2D eigenvalue weighted by molar-refractivity contribution is 7.09. The van der Waals surface area contributed by atoms with Crippen molar-refractivity contribution >= 4 is 17.2 Å². The van der Waals surface area contributed by atoms with E-state index in [2.05, 4.69) is 62.3 Å². The number of aryl methyl sites for hydroxylation is 1. The van der Waals surface area contributed by atoms with E-state index in [-0.39, 0.29) is 5.92 Å². The van der Waals surface area contributed by atoms with E-state index >= 15 is 0 Å². The second-order valence-electron chi connectivity index (χ2n) is 8.02. The van der Waals surface area contributed by atoms with Crippen molar-refractivity contribution in [2.75, 3.05) is 39.3 Å². The van der Waals surface area contributed by atoms with Crippen LogP contribution in [0.15, 0.2) is 35.7 Å². The molecule has 5 nitrogen and oxygen atoms in total. The number of hydrogen-bond acceptors (Lipinski definition) is 5. The van der Waals surface area contributed by atoms with Gasteiger partial charge in [-0.15, -0.1) is 11.3 Å². The van der Waals surface area contributed by atoms with Gasteiger partial charge in [-0.05, 0) is 31.9 Å². The van der Waals surface area contributed by atoms with Crippen LogP contribution in [0.3, 0.4) is 0 Å². The minimum absolute atomic E-state index is 0.158. The zero-order valence-electron chi connectivity index (χ0n) is 16.7. The molecule has 2 fully saturated rings. The number of nitrogens with zero attached hydrogens (tertiary/aromatic N) is 4. The van der Waals surface area contributed by atoms with Crippen LogP contribution in [-0.4, -0.2) is 64.9 Å². The molecule has 1 atom stereocenters. The molecule has 0 N–H and O–H groups in total. The minimum Gasteiger partial charge on any atom is -0.340 e. The Bertz CT molecular complexity index is 770. The molecular weight excluding hydrogens is 368 g/mol. The van der Waals surface area contributed by atoms with Crippen LogP contribution in [0.5, 0.6) is 0 Å². The van der Waals surface area contributed by atoms with E-state index in [4.69, 9.17) is 0 Å². The lowest BCUT2D eigenvalue weighted by Crippen LogP contribution is -2.52. The maximum atomic E-state index is 13.1. The van der Waals surface area contributed by atoms with Gasteiger partial charge < -0.3 is 4.90 Å². The quantitative estimate of drug-likeness (QED) is 0.776. The van der Waals surface area contributed by atoms with Crippen LogP contribution in [0.1, 0.15) is 29.1 Å². The third-order valence-electron chi connectivity index (χ3n) is 5.84. The van der Waals surface area contributed by atoms with E-state index < -0.39 is 0 Å². The Kier molecular flexibility index (Phi) is 6.40. The van der Waals surface area contributed by atoms with Crippen LogP contribution in [0.2, 0.25) is 0 Å². The third-order valence-corrected chi connectivity index (χ3v) is 6.66. The van der Waals surface area contributed by atoms with E-state index in [0.717, 1.165) is 75.9 Å². The molecule has 28 heavy (non-hydrogen) atoms. The smallest absolute Gasteiger partial charge is 0.227 e. The van der Waals surface area contributed by atoms with Crippen molar-refractivity contribution in [2.24, 2.45) is 5.92 Å². The number of piperidine rings is 1. The zero-order chi connectivity index (χ0) is 19.3. The van der Waals surface area contributed by atoms with E-state index in [0.29, 0.717) is 5.91 Å². The van der Waals surface area contributed by atoms with Crippen LogP contribution < -0.4 is 0 Å². The fraction of sp³-hybridized carbons (Fsp3) is 0.545. The first-order valence-electron chi connectivity index (χ1n) is 10.4. The summed E-state index contributed by atoms with van der Waals surface area (Å²) in [5.41, 5.74) is 2.49. The molecule has 4 rings (SSSR count). The molecule has 1 aromatic heterocycles. The van der Waals surface area contributed by atoms with Gasteiger partial charge in [-0.3, -0.25) is 14.6 Å².